The fraction of sp³-hybridized carbons (Fsp3) is 0.667. The van der Waals surface area contributed by atoms with Gasteiger partial charge in [0.15, 0.2) is 0 Å². The molecule has 1 saturated heterocycles. The van der Waals surface area contributed by atoms with Gasteiger partial charge in [-0.3, -0.25) is 9.88 Å². The molecule has 1 N–H and O–H groups in total. The number of aromatic nitrogens is 1. The summed E-state index contributed by atoms with van der Waals surface area (Å²) in [6.45, 7) is 5.76. The van der Waals surface area contributed by atoms with Gasteiger partial charge in [-0.2, -0.15) is 0 Å². The molecule has 0 aromatic carbocycles. The molecule has 3 nitrogen and oxygen atoms in total. The van der Waals surface area contributed by atoms with Crippen molar-refractivity contribution < 1.29 is 0 Å². The summed E-state index contributed by atoms with van der Waals surface area (Å²) < 4.78 is 0. The quantitative estimate of drug-likeness (QED) is 0.883. The van der Waals surface area contributed by atoms with E-state index in [1.165, 1.54) is 37.9 Å². The minimum absolute atomic E-state index is 0.668. The Labute approximate surface area is 110 Å². The first-order valence-electron chi connectivity index (χ1n) is 7.19. The lowest BCUT2D eigenvalue weighted by Crippen LogP contribution is -2.40. The van der Waals surface area contributed by atoms with Crippen molar-refractivity contribution in [1.29, 1.82) is 0 Å². The zero-order valence-corrected chi connectivity index (χ0v) is 11.2. The Bertz CT molecular complexity index is 375. The predicted octanol–water partition coefficient (Wildman–Crippen LogP) is 2.04. The van der Waals surface area contributed by atoms with Gasteiger partial charge >= 0.3 is 0 Å². The number of rotatable bonds is 3. The van der Waals surface area contributed by atoms with Gasteiger partial charge in [-0.25, -0.2) is 0 Å². The van der Waals surface area contributed by atoms with Crippen LogP contribution in [-0.2, 0) is 6.54 Å². The van der Waals surface area contributed by atoms with Crippen LogP contribution in [0.3, 0.4) is 0 Å². The van der Waals surface area contributed by atoms with Gasteiger partial charge in [-0.15, -0.1) is 0 Å². The van der Waals surface area contributed by atoms with E-state index in [2.05, 4.69) is 28.2 Å². The molecule has 2 atom stereocenters. The summed E-state index contributed by atoms with van der Waals surface area (Å²) in [7, 11) is 0. The average Bonchev–Trinajstić information content (AvgIpc) is 3.21. The van der Waals surface area contributed by atoms with Crippen LogP contribution in [0.2, 0.25) is 0 Å². The van der Waals surface area contributed by atoms with Crippen LogP contribution in [0, 0.1) is 5.92 Å². The molecule has 3 heteroatoms. The Morgan fingerprint density at radius 3 is 3.00 bits per heavy atom. The molecule has 1 aromatic rings. The summed E-state index contributed by atoms with van der Waals surface area (Å²) in [5.74, 6) is 0.937. The van der Waals surface area contributed by atoms with Crippen LogP contribution >= 0.6 is 0 Å². The molecular formula is C15H23N3. The van der Waals surface area contributed by atoms with Crippen LogP contribution in [-0.4, -0.2) is 35.1 Å². The molecule has 2 aliphatic rings. The van der Waals surface area contributed by atoms with Crippen LogP contribution < -0.4 is 5.32 Å². The normalized spacial score (nSPS) is 30.1. The largest absolute Gasteiger partial charge is 0.312 e. The third kappa shape index (κ3) is 2.90. The van der Waals surface area contributed by atoms with Gasteiger partial charge in [0.2, 0.25) is 0 Å². The summed E-state index contributed by atoms with van der Waals surface area (Å²) in [4.78, 5) is 6.85. The van der Waals surface area contributed by atoms with Crippen LogP contribution in [0.5, 0.6) is 0 Å². The minimum atomic E-state index is 0.668. The van der Waals surface area contributed by atoms with E-state index in [9.17, 15) is 0 Å². The van der Waals surface area contributed by atoms with Crippen LogP contribution in [0.15, 0.2) is 24.5 Å². The van der Waals surface area contributed by atoms with Crippen molar-refractivity contribution in [2.24, 2.45) is 5.92 Å². The Morgan fingerprint density at radius 2 is 2.28 bits per heavy atom. The molecule has 18 heavy (non-hydrogen) atoms. The maximum absolute atomic E-state index is 4.22. The molecule has 0 radical (unpaired) electrons. The monoisotopic (exact) mass is 245 g/mol. The fourth-order valence-corrected chi connectivity index (χ4v) is 2.92. The highest BCUT2D eigenvalue weighted by atomic mass is 15.2. The van der Waals surface area contributed by atoms with E-state index in [0.29, 0.717) is 12.1 Å². The molecule has 3 rings (SSSR count). The molecule has 0 bridgehead atoms. The van der Waals surface area contributed by atoms with Gasteiger partial charge in [0.1, 0.15) is 0 Å². The van der Waals surface area contributed by atoms with E-state index in [1.807, 2.05) is 18.5 Å². The first-order chi connectivity index (χ1) is 8.83. The predicted molar refractivity (Wildman–Crippen MR) is 73.2 cm³/mol. The van der Waals surface area contributed by atoms with Gasteiger partial charge in [0.25, 0.3) is 0 Å². The Balaban J connectivity index is 1.67. The summed E-state index contributed by atoms with van der Waals surface area (Å²) in [5, 5.41) is 3.73. The van der Waals surface area contributed by atoms with Gasteiger partial charge < -0.3 is 5.32 Å². The topological polar surface area (TPSA) is 28.2 Å². The lowest BCUT2D eigenvalue weighted by molar-refractivity contribution is 0.190. The Kier molecular flexibility index (Phi) is 3.62. The molecule has 1 aliphatic carbocycles. The number of pyridine rings is 1. The zero-order chi connectivity index (χ0) is 12.4. The molecule has 1 saturated carbocycles. The summed E-state index contributed by atoms with van der Waals surface area (Å²) >= 11 is 0. The summed E-state index contributed by atoms with van der Waals surface area (Å²) in [5.41, 5.74) is 1.33. The van der Waals surface area contributed by atoms with E-state index in [4.69, 9.17) is 0 Å². The van der Waals surface area contributed by atoms with Gasteiger partial charge in [-0.05, 0) is 50.3 Å². The van der Waals surface area contributed by atoms with E-state index in [0.717, 1.165) is 12.5 Å². The smallest absolute Gasteiger partial charge is 0.0312 e. The van der Waals surface area contributed by atoms with Crippen molar-refractivity contribution in [3.8, 4) is 0 Å². The second kappa shape index (κ2) is 5.37. The van der Waals surface area contributed by atoms with Crippen LogP contribution in [0.4, 0.5) is 0 Å². The standard InChI is InChI=1S/C15H23N3/c1-12-6-8-17-15(14-4-5-14)11-18(12)10-13-3-2-7-16-9-13/h2-3,7,9,12,14-15,17H,4-6,8,10-11H2,1H3. The van der Waals surface area contributed by atoms with Crippen molar-refractivity contribution >= 4 is 0 Å². The van der Waals surface area contributed by atoms with Crippen molar-refractivity contribution in [3.05, 3.63) is 30.1 Å². The highest BCUT2D eigenvalue weighted by Gasteiger charge is 2.34. The van der Waals surface area contributed by atoms with E-state index in [1.54, 1.807) is 0 Å². The Morgan fingerprint density at radius 1 is 1.39 bits per heavy atom. The summed E-state index contributed by atoms with van der Waals surface area (Å²) in [6.07, 6.45) is 7.95. The maximum Gasteiger partial charge on any atom is 0.0312 e. The Hall–Kier alpha value is -0.930. The maximum atomic E-state index is 4.22. The van der Waals surface area contributed by atoms with E-state index >= 15 is 0 Å². The molecule has 1 aromatic heterocycles. The minimum Gasteiger partial charge on any atom is -0.312 e. The van der Waals surface area contributed by atoms with Crippen molar-refractivity contribution in [3.63, 3.8) is 0 Å². The third-order valence-corrected chi connectivity index (χ3v) is 4.32. The number of hydrogen-bond acceptors (Lipinski definition) is 3. The third-order valence-electron chi connectivity index (χ3n) is 4.32. The van der Waals surface area contributed by atoms with Gasteiger partial charge in [-0.1, -0.05) is 6.07 Å². The number of nitrogens with zero attached hydrogens (tertiary/aromatic N) is 2. The van der Waals surface area contributed by atoms with Crippen molar-refractivity contribution in [2.75, 3.05) is 13.1 Å². The average molecular weight is 245 g/mol. The highest BCUT2D eigenvalue weighted by Crippen LogP contribution is 2.34. The lowest BCUT2D eigenvalue weighted by Gasteiger charge is -2.29. The van der Waals surface area contributed by atoms with Crippen LogP contribution in [0.25, 0.3) is 0 Å². The molecule has 2 fully saturated rings. The van der Waals surface area contributed by atoms with Gasteiger partial charge in [0.05, 0.1) is 0 Å². The highest BCUT2D eigenvalue weighted by molar-refractivity contribution is 5.09. The number of hydrogen-bond donors (Lipinski definition) is 1. The van der Waals surface area contributed by atoms with Crippen LogP contribution in [0.1, 0.15) is 31.7 Å². The molecule has 1 aliphatic heterocycles. The molecule has 2 unspecified atom stereocenters. The molecule has 0 amide bonds. The zero-order valence-electron chi connectivity index (χ0n) is 11.2. The summed E-state index contributed by atoms with van der Waals surface area (Å²) in [6, 6.07) is 5.60. The van der Waals surface area contributed by atoms with Crippen molar-refractivity contribution in [2.45, 2.75) is 44.8 Å². The number of nitrogens with one attached hydrogen (secondary N) is 1. The fourth-order valence-electron chi connectivity index (χ4n) is 2.92. The first kappa shape index (κ1) is 12.1. The second-order valence-corrected chi connectivity index (χ2v) is 5.83. The molecule has 0 spiro atoms. The van der Waals surface area contributed by atoms with E-state index in [-0.39, 0.29) is 0 Å². The van der Waals surface area contributed by atoms with Crippen molar-refractivity contribution in [1.82, 2.24) is 15.2 Å². The molecule has 98 valence electrons. The van der Waals surface area contributed by atoms with Gasteiger partial charge in [0, 0.05) is 37.6 Å². The second-order valence-electron chi connectivity index (χ2n) is 5.83. The SMILES string of the molecule is CC1CCNC(C2CC2)CN1Cc1cccnc1. The lowest BCUT2D eigenvalue weighted by atomic mass is 10.1. The van der Waals surface area contributed by atoms with E-state index < -0.39 is 0 Å². The first-order valence-corrected chi connectivity index (χ1v) is 7.19. The molecule has 2 heterocycles. The molecular weight excluding hydrogens is 222 g/mol.